The third-order valence-corrected chi connectivity index (χ3v) is 3.41. The van der Waals surface area contributed by atoms with Gasteiger partial charge in [-0.15, -0.1) is 0 Å². The minimum Gasteiger partial charge on any atom is -0.394 e. The Hall–Kier alpha value is -0.650. The number of methoxy groups -OCH3 is 1. The molecule has 0 bridgehead atoms. The van der Waals surface area contributed by atoms with Crippen molar-refractivity contribution in [3.63, 3.8) is 0 Å². The van der Waals surface area contributed by atoms with Crippen LogP contribution < -0.4 is 5.73 Å². The molecule has 0 radical (unpaired) electrons. The number of hydrogen-bond donors (Lipinski definition) is 2. The highest BCUT2D eigenvalue weighted by molar-refractivity contribution is 5.77. The van der Waals surface area contributed by atoms with Crippen molar-refractivity contribution in [3.8, 4) is 0 Å². The molecule has 0 saturated carbocycles. The zero-order chi connectivity index (χ0) is 12.7. The average molecular weight is 244 g/mol. The first-order valence-electron chi connectivity index (χ1n) is 6.36. The molecule has 1 aliphatic rings. The number of nitrogens with zero attached hydrogens (tertiary/aromatic N) is 1. The summed E-state index contributed by atoms with van der Waals surface area (Å²) in [6.07, 6.45) is 4.21. The van der Waals surface area contributed by atoms with E-state index in [1.165, 1.54) is 0 Å². The van der Waals surface area contributed by atoms with Crippen molar-refractivity contribution < 1.29 is 14.6 Å². The van der Waals surface area contributed by atoms with Gasteiger partial charge in [0.15, 0.2) is 0 Å². The van der Waals surface area contributed by atoms with E-state index in [4.69, 9.17) is 10.5 Å². The molecule has 1 amide bonds. The van der Waals surface area contributed by atoms with Crippen LogP contribution >= 0.6 is 0 Å². The topological polar surface area (TPSA) is 75.8 Å². The highest BCUT2D eigenvalue weighted by Crippen LogP contribution is 2.18. The van der Waals surface area contributed by atoms with Crippen LogP contribution in [0.4, 0.5) is 0 Å². The molecular formula is C12H24N2O3. The van der Waals surface area contributed by atoms with Crippen molar-refractivity contribution >= 4 is 5.91 Å². The number of rotatable bonds is 5. The summed E-state index contributed by atoms with van der Waals surface area (Å²) >= 11 is 0. The molecule has 2 atom stereocenters. The maximum Gasteiger partial charge on any atom is 0.225 e. The quantitative estimate of drug-likeness (QED) is 0.720. The van der Waals surface area contributed by atoms with Crippen LogP contribution in [0, 0.1) is 0 Å². The SMILES string of the molecule is COC(CN)CC(=O)N1CCCCCC1CO. The lowest BCUT2D eigenvalue weighted by molar-refractivity contribution is -0.136. The molecule has 1 heterocycles. The highest BCUT2D eigenvalue weighted by Gasteiger charge is 2.26. The summed E-state index contributed by atoms with van der Waals surface area (Å²) in [5.41, 5.74) is 5.51. The molecule has 0 aromatic rings. The maximum atomic E-state index is 12.1. The van der Waals surface area contributed by atoms with Crippen molar-refractivity contribution in [3.05, 3.63) is 0 Å². The van der Waals surface area contributed by atoms with Gasteiger partial charge >= 0.3 is 0 Å². The van der Waals surface area contributed by atoms with Gasteiger partial charge in [-0.1, -0.05) is 12.8 Å². The summed E-state index contributed by atoms with van der Waals surface area (Å²) in [6.45, 7) is 1.14. The summed E-state index contributed by atoms with van der Waals surface area (Å²) < 4.78 is 5.13. The summed E-state index contributed by atoms with van der Waals surface area (Å²) in [5.74, 6) is 0.0447. The van der Waals surface area contributed by atoms with Gasteiger partial charge in [0.05, 0.1) is 25.2 Å². The van der Waals surface area contributed by atoms with Gasteiger partial charge in [0, 0.05) is 20.2 Å². The van der Waals surface area contributed by atoms with Crippen molar-refractivity contribution in [1.82, 2.24) is 4.90 Å². The number of aliphatic hydroxyl groups excluding tert-OH is 1. The van der Waals surface area contributed by atoms with Gasteiger partial charge in [-0.3, -0.25) is 4.79 Å². The van der Waals surface area contributed by atoms with Crippen molar-refractivity contribution in [1.29, 1.82) is 0 Å². The van der Waals surface area contributed by atoms with Gasteiger partial charge < -0.3 is 20.5 Å². The minimum absolute atomic E-state index is 0.0275. The maximum absolute atomic E-state index is 12.1. The van der Waals surface area contributed by atoms with Crippen LogP contribution in [-0.2, 0) is 9.53 Å². The Morgan fingerprint density at radius 1 is 1.53 bits per heavy atom. The molecule has 100 valence electrons. The monoisotopic (exact) mass is 244 g/mol. The predicted octanol–water partition coefficient (Wildman–Crippen LogP) is 0.114. The molecule has 2 unspecified atom stereocenters. The molecule has 3 N–H and O–H groups in total. The third kappa shape index (κ3) is 4.26. The molecule has 1 fully saturated rings. The molecule has 0 aliphatic carbocycles. The van der Waals surface area contributed by atoms with Gasteiger partial charge in [-0.25, -0.2) is 0 Å². The smallest absolute Gasteiger partial charge is 0.225 e. The Bertz CT molecular complexity index is 232. The van der Waals surface area contributed by atoms with Gasteiger partial charge in [0.1, 0.15) is 0 Å². The Labute approximate surface area is 103 Å². The molecule has 5 nitrogen and oxygen atoms in total. The van der Waals surface area contributed by atoms with Crippen molar-refractivity contribution in [2.24, 2.45) is 5.73 Å². The molecule has 1 aliphatic heterocycles. The fourth-order valence-electron chi connectivity index (χ4n) is 2.27. The normalized spacial score (nSPS) is 23.2. The molecule has 0 aromatic heterocycles. The third-order valence-electron chi connectivity index (χ3n) is 3.41. The fourth-order valence-corrected chi connectivity index (χ4v) is 2.27. The van der Waals surface area contributed by atoms with Gasteiger partial charge in [-0.05, 0) is 12.8 Å². The second-order valence-electron chi connectivity index (χ2n) is 4.57. The number of carbonyl (C=O) groups excluding carboxylic acids is 1. The molecule has 1 saturated heterocycles. The van der Waals surface area contributed by atoms with Crippen LogP contribution in [-0.4, -0.2) is 54.9 Å². The zero-order valence-corrected chi connectivity index (χ0v) is 10.6. The second kappa shape index (κ2) is 7.63. The largest absolute Gasteiger partial charge is 0.394 e. The summed E-state index contributed by atoms with van der Waals surface area (Å²) in [5, 5.41) is 9.33. The molecule has 1 rings (SSSR count). The molecular weight excluding hydrogens is 220 g/mol. The van der Waals surface area contributed by atoms with Gasteiger partial charge in [0.2, 0.25) is 5.91 Å². The van der Waals surface area contributed by atoms with Crippen LogP contribution in [0.1, 0.15) is 32.1 Å². The predicted molar refractivity (Wildman–Crippen MR) is 65.5 cm³/mol. The average Bonchev–Trinajstić information content (AvgIpc) is 2.60. The van der Waals surface area contributed by atoms with Crippen LogP contribution in [0.5, 0.6) is 0 Å². The van der Waals surface area contributed by atoms with Crippen LogP contribution in [0.2, 0.25) is 0 Å². The van der Waals surface area contributed by atoms with E-state index in [1.54, 1.807) is 12.0 Å². The first kappa shape index (κ1) is 14.4. The first-order valence-corrected chi connectivity index (χ1v) is 6.36. The Balaban J connectivity index is 2.57. The Morgan fingerprint density at radius 3 is 2.88 bits per heavy atom. The fraction of sp³-hybridized carbons (Fsp3) is 0.917. The summed E-state index contributed by atoms with van der Waals surface area (Å²) in [4.78, 5) is 13.9. The number of nitrogens with two attached hydrogens (primary N) is 1. The number of ether oxygens (including phenoxy) is 1. The lowest BCUT2D eigenvalue weighted by Crippen LogP contribution is -2.44. The molecule has 5 heteroatoms. The van der Waals surface area contributed by atoms with E-state index in [0.29, 0.717) is 13.0 Å². The van der Waals surface area contributed by atoms with Crippen molar-refractivity contribution in [2.45, 2.75) is 44.2 Å². The zero-order valence-electron chi connectivity index (χ0n) is 10.6. The standard InChI is InChI=1S/C12H24N2O3/c1-17-11(8-13)7-12(16)14-6-4-2-3-5-10(14)9-15/h10-11,15H,2-9,13H2,1H3. The van der Waals surface area contributed by atoms with Crippen molar-refractivity contribution in [2.75, 3.05) is 26.8 Å². The van der Waals surface area contributed by atoms with Gasteiger partial charge in [-0.2, -0.15) is 0 Å². The van der Waals surface area contributed by atoms with E-state index in [-0.39, 0.29) is 24.7 Å². The Morgan fingerprint density at radius 2 is 2.29 bits per heavy atom. The number of hydrogen-bond acceptors (Lipinski definition) is 4. The van der Waals surface area contributed by atoms with E-state index in [1.807, 2.05) is 0 Å². The first-order chi connectivity index (χ1) is 8.22. The second-order valence-corrected chi connectivity index (χ2v) is 4.57. The highest BCUT2D eigenvalue weighted by atomic mass is 16.5. The van der Waals surface area contributed by atoms with E-state index in [2.05, 4.69) is 0 Å². The van der Waals surface area contributed by atoms with Crippen LogP contribution in [0.15, 0.2) is 0 Å². The van der Waals surface area contributed by atoms with E-state index < -0.39 is 0 Å². The Kier molecular flexibility index (Phi) is 6.47. The number of likely N-dealkylation sites (tertiary alicyclic amines) is 1. The van der Waals surface area contributed by atoms with E-state index >= 15 is 0 Å². The number of aliphatic hydroxyl groups is 1. The lowest BCUT2D eigenvalue weighted by atomic mass is 10.1. The van der Waals surface area contributed by atoms with Crippen LogP contribution in [0.3, 0.4) is 0 Å². The molecule has 17 heavy (non-hydrogen) atoms. The molecule has 0 aromatic carbocycles. The number of carbonyl (C=O) groups is 1. The minimum atomic E-state index is -0.218. The molecule has 0 spiro atoms. The van der Waals surface area contributed by atoms with Gasteiger partial charge in [0.25, 0.3) is 0 Å². The number of amides is 1. The van der Waals surface area contributed by atoms with E-state index in [9.17, 15) is 9.90 Å². The van der Waals surface area contributed by atoms with Crippen LogP contribution in [0.25, 0.3) is 0 Å². The van der Waals surface area contributed by atoms with E-state index in [0.717, 1.165) is 32.2 Å². The summed E-state index contributed by atoms with van der Waals surface area (Å²) in [6, 6.07) is -0.0275. The lowest BCUT2D eigenvalue weighted by Gasteiger charge is -2.29. The summed E-state index contributed by atoms with van der Waals surface area (Å²) in [7, 11) is 1.57.